The molecule has 280 valence electrons. The Morgan fingerprint density at radius 1 is 0.414 bits per heavy atom. The third kappa shape index (κ3) is 5.04. The molecule has 0 radical (unpaired) electrons. The molecule has 0 spiro atoms. The van der Waals surface area contributed by atoms with Crippen molar-refractivity contribution in [1.29, 1.82) is 0 Å². The molecule has 2 nitrogen and oxygen atoms in total. The van der Waals surface area contributed by atoms with Crippen LogP contribution >= 0.6 is 0 Å². The van der Waals surface area contributed by atoms with Crippen molar-refractivity contribution in [3.8, 4) is 22.3 Å². The lowest BCUT2D eigenvalue weighted by atomic mass is 9.71. The van der Waals surface area contributed by atoms with Crippen molar-refractivity contribution in [2.75, 3.05) is 9.80 Å². The Kier molecular flexibility index (Phi) is 7.72. The molecule has 0 N–H and O–H groups in total. The van der Waals surface area contributed by atoms with Crippen molar-refractivity contribution in [2.24, 2.45) is 0 Å². The molecule has 3 aliphatic rings. The first-order valence-electron chi connectivity index (χ1n) is 20.8. The van der Waals surface area contributed by atoms with Crippen molar-refractivity contribution in [3.05, 3.63) is 210 Å². The summed E-state index contributed by atoms with van der Waals surface area (Å²) in [6.07, 6.45) is 6.81. The van der Waals surface area contributed by atoms with E-state index in [2.05, 4.69) is 220 Å². The average Bonchev–Trinajstić information content (AvgIpc) is 3.26. The second kappa shape index (κ2) is 12.9. The minimum absolute atomic E-state index is 0.0785. The summed E-state index contributed by atoms with van der Waals surface area (Å²) in [6, 6.07) is 63.4. The number of anilines is 5. The van der Waals surface area contributed by atoms with Gasteiger partial charge in [0.05, 0.1) is 11.4 Å². The Hall–Kier alpha value is -6.64. The fraction of sp³-hybridized carbons (Fsp3) is 0.143. The van der Waals surface area contributed by atoms with Crippen LogP contribution in [0.5, 0.6) is 0 Å². The topological polar surface area (TPSA) is 6.48 Å². The average molecular weight is 747 g/mol. The van der Waals surface area contributed by atoms with Gasteiger partial charge < -0.3 is 9.80 Å². The van der Waals surface area contributed by atoms with Crippen molar-refractivity contribution in [1.82, 2.24) is 0 Å². The van der Waals surface area contributed by atoms with Crippen molar-refractivity contribution >= 4 is 50.0 Å². The lowest BCUT2D eigenvalue weighted by molar-refractivity contribution is 0.603. The number of benzene rings is 8. The van der Waals surface area contributed by atoms with Crippen LogP contribution in [0.1, 0.15) is 57.2 Å². The molecule has 0 saturated heterocycles. The van der Waals surface area contributed by atoms with Gasteiger partial charge in [0.15, 0.2) is 0 Å². The predicted octanol–water partition coefficient (Wildman–Crippen LogP) is 15.5. The van der Waals surface area contributed by atoms with E-state index >= 15 is 0 Å². The van der Waals surface area contributed by atoms with E-state index in [1.54, 1.807) is 0 Å². The molecule has 0 aromatic heterocycles. The van der Waals surface area contributed by atoms with Gasteiger partial charge >= 0.3 is 0 Å². The molecule has 0 saturated carbocycles. The molecule has 0 atom stereocenters. The maximum absolute atomic E-state index is 2.57. The molecule has 8 aromatic rings. The van der Waals surface area contributed by atoms with E-state index in [1.807, 2.05) is 0 Å². The Morgan fingerprint density at radius 2 is 0.845 bits per heavy atom. The quantitative estimate of drug-likeness (QED) is 0.166. The van der Waals surface area contributed by atoms with Crippen molar-refractivity contribution in [2.45, 2.75) is 51.4 Å². The van der Waals surface area contributed by atoms with Gasteiger partial charge in [0, 0.05) is 33.6 Å². The van der Waals surface area contributed by atoms with Crippen LogP contribution < -0.4 is 9.80 Å². The summed E-state index contributed by atoms with van der Waals surface area (Å²) < 4.78 is 0. The number of hydrogen-bond acceptors (Lipinski definition) is 2. The number of hydrogen-bond donors (Lipinski definition) is 0. The molecular formula is C56H46N2. The third-order valence-electron chi connectivity index (χ3n) is 13.3. The highest BCUT2D eigenvalue weighted by molar-refractivity contribution is 6.22. The van der Waals surface area contributed by atoms with Gasteiger partial charge in [-0.2, -0.15) is 0 Å². The highest BCUT2D eigenvalue weighted by Crippen LogP contribution is 2.55. The number of fused-ring (bicyclic) bond motifs is 5. The van der Waals surface area contributed by atoms with Crippen molar-refractivity contribution < 1.29 is 0 Å². The van der Waals surface area contributed by atoms with Crippen LogP contribution in [0, 0.1) is 0 Å². The summed E-state index contributed by atoms with van der Waals surface area (Å²) >= 11 is 0. The van der Waals surface area contributed by atoms with E-state index in [4.69, 9.17) is 0 Å². The summed E-state index contributed by atoms with van der Waals surface area (Å²) in [7, 11) is 0. The molecular weight excluding hydrogens is 701 g/mol. The minimum Gasteiger partial charge on any atom is -0.314 e. The van der Waals surface area contributed by atoms with Crippen LogP contribution in [0.3, 0.4) is 0 Å². The molecule has 11 rings (SSSR count). The summed E-state index contributed by atoms with van der Waals surface area (Å²) in [4.78, 5) is 5.05. The molecule has 1 aliphatic carbocycles. The van der Waals surface area contributed by atoms with Crippen LogP contribution in [0.15, 0.2) is 193 Å². The normalized spacial score (nSPS) is 16.2. The summed E-state index contributed by atoms with van der Waals surface area (Å²) in [5.41, 5.74) is 17.7. The first-order chi connectivity index (χ1) is 28.3. The first kappa shape index (κ1) is 34.6. The second-order valence-corrected chi connectivity index (χ2v) is 17.2. The SMILES string of the molecule is CC1(C)C2=C(CCC=C2)N(c2ccc3c(-c4ccccc4)c4cc(N5c6ccccc6C(C)(C)c6ccccc65)ccc4c(-c4ccccc4)c3c2)c2ccccc21. The number of para-hydroxylation sites is 3. The zero-order valence-corrected chi connectivity index (χ0v) is 33.6. The monoisotopic (exact) mass is 746 g/mol. The molecule has 2 heteroatoms. The fourth-order valence-corrected chi connectivity index (χ4v) is 10.5. The maximum Gasteiger partial charge on any atom is 0.0502 e. The Balaban J connectivity index is 1.22. The first-order valence-corrected chi connectivity index (χ1v) is 20.8. The van der Waals surface area contributed by atoms with Gasteiger partial charge in [0.2, 0.25) is 0 Å². The van der Waals surface area contributed by atoms with E-state index in [0.717, 1.165) is 18.5 Å². The highest BCUT2D eigenvalue weighted by Gasteiger charge is 2.39. The predicted molar refractivity (Wildman–Crippen MR) is 246 cm³/mol. The van der Waals surface area contributed by atoms with Crippen LogP contribution in [0.2, 0.25) is 0 Å². The Morgan fingerprint density at radius 3 is 1.36 bits per heavy atom. The number of nitrogens with zero attached hydrogens (tertiary/aromatic N) is 2. The van der Waals surface area contributed by atoms with E-state index in [0.29, 0.717) is 0 Å². The molecule has 0 amide bonds. The minimum atomic E-state index is -0.126. The van der Waals surface area contributed by atoms with E-state index in [1.165, 1.54) is 94.5 Å². The number of allylic oxidation sites excluding steroid dienone is 4. The fourth-order valence-electron chi connectivity index (χ4n) is 10.5. The van der Waals surface area contributed by atoms with Gasteiger partial charge in [0.1, 0.15) is 0 Å². The molecule has 0 bridgehead atoms. The highest BCUT2D eigenvalue weighted by atomic mass is 15.2. The molecule has 2 aliphatic heterocycles. The van der Waals surface area contributed by atoms with Crippen LogP contribution in [-0.4, -0.2) is 0 Å². The number of rotatable bonds is 4. The van der Waals surface area contributed by atoms with Gasteiger partial charge in [-0.1, -0.05) is 167 Å². The molecule has 0 fully saturated rings. The standard InChI is InChI=1S/C56H46N2/c1-55(2)45-23-11-15-27-49(45)57(50-28-16-12-24-46(50)55)39-31-33-41-43(35-39)53(37-19-7-5-8-20-37)42-34-32-40(36-44(42)54(41)38-21-9-6-10-22-38)58-51-29-17-13-25-47(51)56(3,4)48-26-14-18-30-52(48)58/h5-17,19-29,31-36H,18,30H2,1-4H3. The molecule has 8 aromatic carbocycles. The lowest BCUT2D eigenvalue weighted by Gasteiger charge is -2.44. The smallest absolute Gasteiger partial charge is 0.0502 e. The Bertz CT molecular complexity index is 2950. The second-order valence-electron chi connectivity index (χ2n) is 17.2. The molecule has 2 heterocycles. The summed E-state index contributed by atoms with van der Waals surface area (Å²) in [5, 5.41) is 5.00. The zero-order chi connectivity index (χ0) is 39.2. The molecule has 0 unspecified atom stereocenters. The summed E-state index contributed by atoms with van der Waals surface area (Å²) in [5.74, 6) is 0. The zero-order valence-electron chi connectivity index (χ0n) is 33.6. The van der Waals surface area contributed by atoms with E-state index in [-0.39, 0.29) is 10.8 Å². The van der Waals surface area contributed by atoms with Crippen LogP contribution in [0.4, 0.5) is 28.4 Å². The van der Waals surface area contributed by atoms with E-state index in [9.17, 15) is 0 Å². The summed E-state index contributed by atoms with van der Waals surface area (Å²) in [6.45, 7) is 9.48. The van der Waals surface area contributed by atoms with Crippen LogP contribution in [0.25, 0.3) is 43.8 Å². The van der Waals surface area contributed by atoms with Gasteiger partial charge in [-0.05, 0) is 121 Å². The van der Waals surface area contributed by atoms with E-state index < -0.39 is 0 Å². The van der Waals surface area contributed by atoms with Gasteiger partial charge in [0.25, 0.3) is 0 Å². The largest absolute Gasteiger partial charge is 0.314 e. The van der Waals surface area contributed by atoms with Gasteiger partial charge in [-0.25, -0.2) is 0 Å². The van der Waals surface area contributed by atoms with Gasteiger partial charge in [-0.15, -0.1) is 0 Å². The maximum atomic E-state index is 2.57. The van der Waals surface area contributed by atoms with Crippen molar-refractivity contribution in [3.63, 3.8) is 0 Å². The molecule has 58 heavy (non-hydrogen) atoms. The van der Waals surface area contributed by atoms with Crippen LogP contribution in [-0.2, 0) is 10.8 Å². The lowest BCUT2D eigenvalue weighted by Crippen LogP contribution is -2.34. The third-order valence-corrected chi connectivity index (χ3v) is 13.3. The van der Waals surface area contributed by atoms with Gasteiger partial charge in [-0.3, -0.25) is 0 Å². The Labute approximate surface area is 342 Å².